The second kappa shape index (κ2) is 6.67. The van der Waals surface area contributed by atoms with Gasteiger partial charge in [0.15, 0.2) is 0 Å². The number of aromatic nitrogens is 1. The van der Waals surface area contributed by atoms with Gasteiger partial charge >= 0.3 is 0 Å². The number of para-hydroxylation sites is 1. The maximum atomic E-state index is 13.0. The SMILES string of the molecule is CC(C)(C)NC(=O)c1cccc(C(=O)N2CCCc3ccccc32)n1. The standard InChI is InChI=1S/C20H23N3O2/c1-20(2,3)22-18(24)15-10-6-11-16(21-15)19(25)23-13-7-9-14-8-4-5-12-17(14)23/h4-6,8,10-12H,7,9,13H2,1-3H3,(H,22,24). The third kappa shape index (κ3) is 3.87. The maximum Gasteiger partial charge on any atom is 0.276 e. The maximum absolute atomic E-state index is 13.0. The van der Waals surface area contributed by atoms with E-state index in [9.17, 15) is 9.59 Å². The molecule has 1 N–H and O–H groups in total. The van der Waals surface area contributed by atoms with Crippen LogP contribution in [0.3, 0.4) is 0 Å². The molecule has 1 aliphatic heterocycles. The minimum absolute atomic E-state index is 0.169. The zero-order valence-electron chi connectivity index (χ0n) is 14.9. The Morgan fingerprint density at radius 2 is 1.76 bits per heavy atom. The van der Waals surface area contributed by atoms with Crippen LogP contribution in [0.4, 0.5) is 5.69 Å². The van der Waals surface area contributed by atoms with Gasteiger partial charge in [0.2, 0.25) is 0 Å². The number of aryl methyl sites for hydroxylation is 1. The summed E-state index contributed by atoms with van der Waals surface area (Å²) in [7, 11) is 0. The Hall–Kier alpha value is -2.69. The van der Waals surface area contributed by atoms with E-state index in [-0.39, 0.29) is 23.0 Å². The quantitative estimate of drug-likeness (QED) is 0.915. The van der Waals surface area contributed by atoms with Crippen LogP contribution in [0.15, 0.2) is 42.5 Å². The lowest BCUT2D eigenvalue weighted by Gasteiger charge is -2.29. The largest absolute Gasteiger partial charge is 0.346 e. The Balaban J connectivity index is 1.87. The average Bonchev–Trinajstić information content (AvgIpc) is 2.59. The van der Waals surface area contributed by atoms with E-state index in [1.165, 1.54) is 5.56 Å². The first kappa shape index (κ1) is 17.1. The molecule has 0 fully saturated rings. The van der Waals surface area contributed by atoms with Crippen LogP contribution >= 0.6 is 0 Å². The van der Waals surface area contributed by atoms with E-state index >= 15 is 0 Å². The first-order chi connectivity index (χ1) is 11.8. The highest BCUT2D eigenvalue weighted by molar-refractivity contribution is 6.06. The van der Waals surface area contributed by atoms with E-state index in [4.69, 9.17) is 0 Å². The molecule has 5 nitrogen and oxygen atoms in total. The van der Waals surface area contributed by atoms with Crippen molar-refractivity contribution in [2.24, 2.45) is 0 Å². The molecule has 0 unspecified atom stereocenters. The highest BCUT2D eigenvalue weighted by atomic mass is 16.2. The number of hydrogen-bond donors (Lipinski definition) is 1. The lowest BCUT2D eigenvalue weighted by atomic mass is 10.0. The number of pyridine rings is 1. The number of fused-ring (bicyclic) bond motifs is 1. The highest BCUT2D eigenvalue weighted by Gasteiger charge is 2.25. The lowest BCUT2D eigenvalue weighted by Crippen LogP contribution is -2.41. The fourth-order valence-electron chi connectivity index (χ4n) is 2.97. The topological polar surface area (TPSA) is 62.3 Å². The van der Waals surface area contributed by atoms with Crippen LogP contribution in [0, 0.1) is 0 Å². The van der Waals surface area contributed by atoms with Gasteiger partial charge in [0, 0.05) is 17.8 Å². The van der Waals surface area contributed by atoms with Crippen molar-refractivity contribution >= 4 is 17.5 Å². The van der Waals surface area contributed by atoms with E-state index in [0.717, 1.165) is 18.5 Å². The van der Waals surface area contributed by atoms with Crippen LogP contribution in [0.2, 0.25) is 0 Å². The average molecular weight is 337 g/mol. The number of hydrogen-bond acceptors (Lipinski definition) is 3. The number of anilines is 1. The van der Waals surface area contributed by atoms with Crippen molar-refractivity contribution < 1.29 is 9.59 Å². The molecule has 1 aliphatic rings. The normalized spacial score (nSPS) is 14.0. The van der Waals surface area contributed by atoms with Gasteiger partial charge in [-0.1, -0.05) is 24.3 Å². The van der Waals surface area contributed by atoms with E-state index in [1.54, 1.807) is 23.1 Å². The summed E-state index contributed by atoms with van der Waals surface area (Å²) in [4.78, 5) is 31.3. The van der Waals surface area contributed by atoms with Gasteiger partial charge in [0.25, 0.3) is 11.8 Å². The highest BCUT2D eigenvalue weighted by Crippen LogP contribution is 2.27. The molecule has 2 heterocycles. The van der Waals surface area contributed by atoms with Gasteiger partial charge in [-0.05, 0) is 57.4 Å². The molecule has 0 saturated heterocycles. The van der Waals surface area contributed by atoms with Gasteiger partial charge in [-0.3, -0.25) is 9.59 Å². The van der Waals surface area contributed by atoms with Crippen LogP contribution in [-0.2, 0) is 6.42 Å². The number of nitrogens with zero attached hydrogens (tertiary/aromatic N) is 2. The predicted molar refractivity (Wildman–Crippen MR) is 97.9 cm³/mol. The molecule has 3 rings (SSSR count). The van der Waals surface area contributed by atoms with Gasteiger partial charge in [-0.15, -0.1) is 0 Å². The van der Waals surface area contributed by atoms with Crippen LogP contribution in [0.1, 0.15) is 53.7 Å². The third-order valence-corrected chi connectivity index (χ3v) is 4.04. The number of carbonyl (C=O) groups excluding carboxylic acids is 2. The molecular formula is C20H23N3O2. The molecule has 0 aliphatic carbocycles. The Kier molecular flexibility index (Phi) is 4.57. The first-order valence-corrected chi connectivity index (χ1v) is 8.54. The van der Waals surface area contributed by atoms with E-state index < -0.39 is 0 Å². The van der Waals surface area contributed by atoms with Crippen LogP contribution in [-0.4, -0.2) is 28.9 Å². The van der Waals surface area contributed by atoms with E-state index in [1.807, 2.05) is 39.0 Å². The lowest BCUT2D eigenvalue weighted by molar-refractivity contribution is 0.0914. The molecule has 5 heteroatoms. The van der Waals surface area contributed by atoms with Crippen molar-refractivity contribution in [1.82, 2.24) is 10.3 Å². The van der Waals surface area contributed by atoms with Gasteiger partial charge in [-0.25, -0.2) is 4.98 Å². The number of rotatable bonds is 2. The molecule has 0 bridgehead atoms. The smallest absolute Gasteiger partial charge is 0.276 e. The molecule has 0 spiro atoms. The molecule has 1 aromatic heterocycles. The molecule has 2 amide bonds. The van der Waals surface area contributed by atoms with Crippen molar-refractivity contribution in [3.63, 3.8) is 0 Å². The van der Waals surface area contributed by atoms with Crippen LogP contribution in [0.5, 0.6) is 0 Å². The third-order valence-electron chi connectivity index (χ3n) is 4.04. The molecular weight excluding hydrogens is 314 g/mol. The molecule has 25 heavy (non-hydrogen) atoms. The minimum atomic E-state index is -0.357. The molecule has 0 atom stereocenters. The monoisotopic (exact) mass is 337 g/mol. The van der Waals surface area contributed by atoms with Crippen molar-refractivity contribution in [3.05, 3.63) is 59.4 Å². The van der Waals surface area contributed by atoms with Gasteiger partial charge < -0.3 is 10.2 Å². The number of benzene rings is 1. The van der Waals surface area contributed by atoms with Gasteiger partial charge in [-0.2, -0.15) is 0 Å². The number of nitrogens with one attached hydrogen (secondary N) is 1. The Labute approximate surface area is 148 Å². The molecule has 1 aromatic carbocycles. The summed E-state index contributed by atoms with van der Waals surface area (Å²) in [5.74, 6) is -0.446. The second-order valence-electron chi connectivity index (χ2n) is 7.30. The van der Waals surface area contributed by atoms with E-state index in [0.29, 0.717) is 12.2 Å². The minimum Gasteiger partial charge on any atom is -0.346 e. The first-order valence-electron chi connectivity index (χ1n) is 8.54. The number of carbonyl (C=O) groups is 2. The predicted octanol–water partition coefficient (Wildman–Crippen LogP) is 3.20. The Morgan fingerprint density at radius 3 is 2.52 bits per heavy atom. The summed E-state index contributed by atoms with van der Waals surface area (Å²) in [6, 6.07) is 12.9. The van der Waals surface area contributed by atoms with Crippen LogP contribution in [0.25, 0.3) is 0 Å². The summed E-state index contributed by atoms with van der Waals surface area (Å²) in [6.45, 7) is 6.38. The molecule has 0 radical (unpaired) electrons. The summed E-state index contributed by atoms with van der Waals surface area (Å²) < 4.78 is 0. The summed E-state index contributed by atoms with van der Waals surface area (Å²) in [6.07, 6.45) is 1.90. The summed E-state index contributed by atoms with van der Waals surface area (Å²) >= 11 is 0. The Bertz CT molecular complexity index is 809. The fourth-order valence-corrected chi connectivity index (χ4v) is 2.97. The molecule has 130 valence electrons. The van der Waals surface area contributed by atoms with Crippen LogP contribution < -0.4 is 10.2 Å². The fraction of sp³-hybridized carbons (Fsp3) is 0.350. The van der Waals surface area contributed by atoms with Crippen molar-refractivity contribution in [3.8, 4) is 0 Å². The summed E-state index contributed by atoms with van der Waals surface area (Å²) in [5.41, 5.74) is 2.29. The number of amides is 2. The van der Waals surface area contributed by atoms with Crippen molar-refractivity contribution in [2.45, 2.75) is 39.2 Å². The van der Waals surface area contributed by atoms with Crippen molar-refractivity contribution in [1.29, 1.82) is 0 Å². The Morgan fingerprint density at radius 1 is 1.04 bits per heavy atom. The second-order valence-corrected chi connectivity index (χ2v) is 7.30. The molecule has 2 aromatic rings. The van der Waals surface area contributed by atoms with Gasteiger partial charge in [0.05, 0.1) is 0 Å². The van der Waals surface area contributed by atoms with E-state index in [2.05, 4.69) is 16.4 Å². The van der Waals surface area contributed by atoms with Gasteiger partial charge in [0.1, 0.15) is 11.4 Å². The zero-order valence-corrected chi connectivity index (χ0v) is 14.9. The zero-order chi connectivity index (χ0) is 18.0. The van der Waals surface area contributed by atoms with Crippen molar-refractivity contribution in [2.75, 3.05) is 11.4 Å². The molecule has 0 saturated carbocycles. The summed E-state index contributed by atoms with van der Waals surface area (Å²) in [5, 5.41) is 2.87.